The van der Waals surface area contributed by atoms with Gasteiger partial charge in [0.05, 0.1) is 5.56 Å². The quantitative estimate of drug-likeness (QED) is 0.457. The van der Waals surface area contributed by atoms with Gasteiger partial charge in [0, 0.05) is 12.4 Å². The van der Waals surface area contributed by atoms with E-state index in [9.17, 15) is 0 Å². The van der Waals surface area contributed by atoms with Crippen LogP contribution in [0.1, 0.15) is 0 Å². The third kappa shape index (κ3) is 0.0779. The Morgan fingerprint density at radius 2 is 1.67 bits per heavy atom. The van der Waals surface area contributed by atoms with Crippen LogP contribution in [0.2, 0.25) is 0 Å². The zero-order valence-corrected chi connectivity index (χ0v) is 3.05. The molecule has 28 valence electrons. The van der Waals surface area contributed by atoms with Gasteiger partial charge in [0.15, 0.2) is 5.82 Å². The molecule has 2 nitrogen and oxygen atoms in total. The smallest absolute Gasteiger partial charge is 0.162 e. The normalized spacial score (nSPS) is 11.3. The molecule has 0 amide bonds. The third-order valence-corrected chi connectivity index (χ3v) is 0.910. The van der Waals surface area contributed by atoms with Crippen LogP contribution in [0, 0.1) is 0 Å². The highest BCUT2D eigenvalue weighted by molar-refractivity contribution is 5.61. The fourth-order valence-electron chi connectivity index (χ4n) is 0.460. The predicted molar refractivity (Wildman–Crippen MR) is 21.0 cm³/mol. The fraction of sp³-hybridized carbons (Fsp3) is 0. The van der Waals surface area contributed by atoms with E-state index >= 15 is 0 Å². The predicted octanol–water partition coefficient (Wildman–Crippen LogP) is 0.457. The van der Waals surface area contributed by atoms with E-state index in [-0.39, 0.29) is 0 Å². The first-order valence-corrected chi connectivity index (χ1v) is 1.79. The summed E-state index contributed by atoms with van der Waals surface area (Å²) in [6.45, 7) is 0. The van der Waals surface area contributed by atoms with Crippen LogP contribution < -0.4 is 0 Å². The van der Waals surface area contributed by atoms with E-state index in [1.807, 2.05) is 12.4 Å². The lowest BCUT2D eigenvalue weighted by Gasteiger charge is -2.06. The van der Waals surface area contributed by atoms with Gasteiger partial charge in [-0.1, -0.05) is 0 Å². The fourth-order valence-corrected chi connectivity index (χ4v) is 0.460. The van der Waals surface area contributed by atoms with Crippen LogP contribution in [0.15, 0.2) is 12.4 Å². The van der Waals surface area contributed by atoms with Crippen LogP contribution in [0.4, 0.5) is 0 Å². The van der Waals surface area contributed by atoms with Crippen LogP contribution in [0.5, 0.6) is 0 Å². The summed E-state index contributed by atoms with van der Waals surface area (Å²) < 4.78 is 0. The molecule has 0 aliphatic carbocycles. The second kappa shape index (κ2) is 0.469. The van der Waals surface area contributed by atoms with Crippen molar-refractivity contribution < 1.29 is 0 Å². The van der Waals surface area contributed by atoms with E-state index < -0.39 is 0 Å². The molecule has 0 radical (unpaired) electrons. The maximum absolute atomic E-state index is 3.79. The second-order valence-corrected chi connectivity index (χ2v) is 1.30. The van der Waals surface area contributed by atoms with E-state index in [4.69, 9.17) is 0 Å². The van der Waals surface area contributed by atoms with Crippen molar-refractivity contribution in [2.45, 2.75) is 0 Å². The van der Waals surface area contributed by atoms with Gasteiger partial charge in [-0.2, -0.15) is 0 Å². The van der Waals surface area contributed by atoms with Gasteiger partial charge in [0.1, 0.15) is 0 Å². The molecule has 0 saturated heterocycles. The first-order valence-electron chi connectivity index (χ1n) is 1.79. The molecular weight excluding hydrogens is 76.1 g/mol. The number of aromatic nitrogens is 2. The van der Waals surface area contributed by atoms with E-state index in [0.29, 0.717) is 0 Å². The van der Waals surface area contributed by atoms with Crippen LogP contribution >= 0.6 is 0 Å². The first-order chi connectivity index (χ1) is 2.97. The van der Waals surface area contributed by atoms with Crippen LogP contribution in [0.25, 0.3) is 11.4 Å². The molecule has 0 aromatic rings. The summed E-state index contributed by atoms with van der Waals surface area (Å²) in [5, 5.41) is 0. The molecule has 2 rings (SSSR count). The summed E-state index contributed by atoms with van der Waals surface area (Å²) >= 11 is 0. The summed E-state index contributed by atoms with van der Waals surface area (Å²) in [5.74, 6) is 0.926. The molecule has 2 heterocycles. The summed E-state index contributed by atoms with van der Waals surface area (Å²) in [4.78, 5) is 7.59. The van der Waals surface area contributed by atoms with Crippen molar-refractivity contribution in [1.82, 2.24) is 9.97 Å². The Morgan fingerprint density at radius 3 is 1.67 bits per heavy atom. The van der Waals surface area contributed by atoms with Crippen molar-refractivity contribution in [3.05, 3.63) is 12.4 Å². The van der Waals surface area contributed by atoms with E-state index in [1.165, 1.54) is 5.56 Å². The molecule has 2 aliphatic rings. The number of hydrogen-bond donors (Lipinski definition) is 0. The van der Waals surface area contributed by atoms with Crippen molar-refractivity contribution in [1.29, 1.82) is 0 Å². The van der Waals surface area contributed by atoms with Crippen molar-refractivity contribution in [2.75, 3.05) is 0 Å². The van der Waals surface area contributed by atoms with E-state index in [0.717, 1.165) is 5.82 Å². The Balaban J connectivity index is 2.95. The Morgan fingerprint density at radius 1 is 1.17 bits per heavy atom. The number of rotatable bonds is 0. The van der Waals surface area contributed by atoms with E-state index in [1.54, 1.807) is 0 Å². The lowest BCUT2D eigenvalue weighted by Crippen LogP contribution is -1.98. The van der Waals surface area contributed by atoms with Crippen molar-refractivity contribution in [2.24, 2.45) is 0 Å². The Hall–Kier alpha value is -0.920. The lowest BCUT2D eigenvalue weighted by atomic mass is 10.2. The van der Waals surface area contributed by atoms with Gasteiger partial charge in [-0.15, -0.1) is 0 Å². The number of hydrogen-bond acceptors (Lipinski definition) is 2. The van der Waals surface area contributed by atoms with Gasteiger partial charge >= 0.3 is 0 Å². The van der Waals surface area contributed by atoms with Crippen molar-refractivity contribution >= 4 is 0 Å². The van der Waals surface area contributed by atoms with Gasteiger partial charge < -0.3 is 0 Å². The Bertz CT molecular complexity index is 144. The molecule has 0 bridgehead atoms. The molecule has 0 saturated carbocycles. The summed E-state index contributed by atoms with van der Waals surface area (Å²) in [5.41, 5.74) is 1.20. The molecule has 0 aromatic heterocycles. The average molecular weight is 78.1 g/mol. The molecule has 0 spiro atoms. The third-order valence-electron chi connectivity index (χ3n) is 0.910. The maximum Gasteiger partial charge on any atom is 0.162 e. The highest BCUT2D eigenvalue weighted by Crippen LogP contribution is 2.20. The maximum atomic E-state index is 3.79. The standard InChI is InChI=1S/C4H2N2/c1-3-2-6-4(3)5-1/h1-2H. The molecule has 2 heteroatoms. The second-order valence-electron chi connectivity index (χ2n) is 1.30. The SMILES string of the molecule is c1nc2ncc1-2. The Labute approximate surface area is 34.9 Å². The monoisotopic (exact) mass is 78.0 g/mol. The van der Waals surface area contributed by atoms with Crippen LogP contribution in [0.3, 0.4) is 0 Å². The summed E-state index contributed by atoms with van der Waals surface area (Å²) in [6, 6.07) is 0. The number of nitrogens with zero attached hydrogens (tertiary/aromatic N) is 2. The summed E-state index contributed by atoms with van der Waals surface area (Å²) in [6.07, 6.45) is 3.62. The van der Waals surface area contributed by atoms with Crippen LogP contribution in [-0.4, -0.2) is 9.97 Å². The molecule has 0 fully saturated rings. The van der Waals surface area contributed by atoms with Gasteiger partial charge in [0.2, 0.25) is 0 Å². The molecular formula is C4H2N2. The van der Waals surface area contributed by atoms with Gasteiger partial charge in [-0.25, -0.2) is 9.97 Å². The van der Waals surface area contributed by atoms with Gasteiger partial charge in [-0.3, -0.25) is 0 Å². The zero-order chi connectivity index (χ0) is 3.98. The molecule has 0 aromatic carbocycles. The average Bonchev–Trinajstić information content (AvgIpc) is 1.54. The topological polar surface area (TPSA) is 25.8 Å². The van der Waals surface area contributed by atoms with E-state index in [2.05, 4.69) is 9.97 Å². The molecule has 6 heavy (non-hydrogen) atoms. The largest absolute Gasteiger partial charge is 0.236 e. The highest BCUT2D eigenvalue weighted by Gasteiger charge is 2.09. The highest BCUT2D eigenvalue weighted by atomic mass is 14.9. The van der Waals surface area contributed by atoms with Crippen molar-refractivity contribution in [3.8, 4) is 11.4 Å². The van der Waals surface area contributed by atoms with Gasteiger partial charge in [0.25, 0.3) is 0 Å². The first kappa shape index (κ1) is 2.29. The van der Waals surface area contributed by atoms with Gasteiger partial charge in [-0.05, 0) is 0 Å². The minimum absolute atomic E-state index is 0.926. The molecule has 0 unspecified atom stereocenters. The lowest BCUT2D eigenvalue weighted by molar-refractivity contribution is 1.08. The molecule has 0 atom stereocenters. The number of fused-ring (bicyclic) bond motifs is 1. The zero-order valence-electron chi connectivity index (χ0n) is 3.05. The molecule has 0 N–H and O–H groups in total. The van der Waals surface area contributed by atoms with Crippen LogP contribution in [-0.2, 0) is 0 Å². The minimum Gasteiger partial charge on any atom is -0.236 e. The molecule has 2 aliphatic heterocycles. The minimum atomic E-state index is 0.926. The summed E-state index contributed by atoms with van der Waals surface area (Å²) in [7, 11) is 0. The van der Waals surface area contributed by atoms with Crippen molar-refractivity contribution in [3.63, 3.8) is 0 Å². The Kier molecular flexibility index (Phi) is 0.179.